The molecule has 0 fully saturated rings. The van der Waals surface area contributed by atoms with Crippen LogP contribution in [0, 0.1) is 0 Å². The van der Waals surface area contributed by atoms with Crippen molar-refractivity contribution >= 4 is 0 Å². The van der Waals surface area contributed by atoms with Crippen LogP contribution < -0.4 is 0 Å². The molecule has 0 saturated carbocycles. The van der Waals surface area contributed by atoms with E-state index >= 15 is 0 Å². The topological polar surface area (TPSA) is 40.5 Å². The summed E-state index contributed by atoms with van der Waals surface area (Å²) >= 11 is 0. The third-order valence-electron chi connectivity index (χ3n) is 3.32. The number of hydrogen-bond donors (Lipinski definition) is 2. The largest absolute Gasteiger partial charge is 0.508 e. The van der Waals surface area contributed by atoms with E-state index in [-0.39, 0.29) is 12.5 Å². The molecule has 1 aliphatic carbocycles. The van der Waals surface area contributed by atoms with Crippen molar-refractivity contribution in [1.29, 1.82) is 0 Å². The van der Waals surface area contributed by atoms with Gasteiger partial charge in [0.25, 0.3) is 0 Å². The van der Waals surface area contributed by atoms with Gasteiger partial charge in [-0.3, -0.25) is 0 Å². The highest BCUT2D eigenvalue weighted by Gasteiger charge is 2.19. The van der Waals surface area contributed by atoms with Gasteiger partial charge in [0, 0.05) is 18.1 Å². The Morgan fingerprint density at radius 2 is 2.00 bits per heavy atom. The standard InChI is InChI=1S/C13H18O2/c1-9(8-14)13-11-5-3-2-4-10(11)6-7-12(13)15/h6-7,9,14-15H,2-5,8H2,1H3. The molecule has 1 aromatic rings. The smallest absolute Gasteiger partial charge is 0.119 e. The molecular formula is C13H18O2. The lowest BCUT2D eigenvalue weighted by molar-refractivity contribution is 0.269. The molecule has 15 heavy (non-hydrogen) atoms. The zero-order chi connectivity index (χ0) is 10.8. The number of aryl methyl sites for hydroxylation is 1. The minimum absolute atomic E-state index is 0.0399. The molecule has 1 aromatic carbocycles. The number of phenolic OH excluding ortho intramolecular Hbond substituents is 1. The van der Waals surface area contributed by atoms with E-state index in [0.29, 0.717) is 5.75 Å². The van der Waals surface area contributed by atoms with Crippen molar-refractivity contribution in [3.63, 3.8) is 0 Å². The third kappa shape index (κ3) is 1.86. The van der Waals surface area contributed by atoms with E-state index in [1.54, 1.807) is 6.07 Å². The molecule has 1 unspecified atom stereocenters. The monoisotopic (exact) mass is 206 g/mol. The molecule has 0 aliphatic heterocycles. The summed E-state index contributed by atoms with van der Waals surface area (Å²) < 4.78 is 0. The highest BCUT2D eigenvalue weighted by Crippen LogP contribution is 2.35. The zero-order valence-electron chi connectivity index (χ0n) is 9.16. The van der Waals surface area contributed by atoms with Gasteiger partial charge in [0.15, 0.2) is 0 Å². The van der Waals surface area contributed by atoms with Crippen LogP contribution in [-0.2, 0) is 12.8 Å². The summed E-state index contributed by atoms with van der Waals surface area (Å²) in [5.41, 5.74) is 3.60. The van der Waals surface area contributed by atoms with Crippen molar-refractivity contribution in [3.8, 4) is 5.75 Å². The fourth-order valence-electron chi connectivity index (χ4n) is 2.49. The van der Waals surface area contributed by atoms with Gasteiger partial charge in [0.05, 0.1) is 0 Å². The van der Waals surface area contributed by atoms with E-state index in [4.69, 9.17) is 0 Å². The first-order valence-electron chi connectivity index (χ1n) is 5.68. The predicted molar refractivity (Wildman–Crippen MR) is 60.2 cm³/mol. The van der Waals surface area contributed by atoms with Crippen LogP contribution in [0.4, 0.5) is 0 Å². The Balaban J connectivity index is 2.50. The van der Waals surface area contributed by atoms with Crippen molar-refractivity contribution < 1.29 is 10.2 Å². The van der Waals surface area contributed by atoms with E-state index in [2.05, 4.69) is 0 Å². The molecule has 82 valence electrons. The molecule has 2 nitrogen and oxygen atoms in total. The molecule has 0 heterocycles. The summed E-state index contributed by atoms with van der Waals surface area (Å²) in [6.07, 6.45) is 4.59. The molecule has 2 N–H and O–H groups in total. The first kappa shape index (κ1) is 10.5. The van der Waals surface area contributed by atoms with Crippen molar-refractivity contribution in [2.75, 3.05) is 6.61 Å². The lowest BCUT2D eigenvalue weighted by Gasteiger charge is -2.23. The molecule has 2 rings (SSSR count). The minimum Gasteiger partial charge on any atom is -0.508 e. The van der Waals surface area contributed by atoms with Gasteiger partial charge >= 0.3 is 0 Å². The highest BCUT2D eigenvalue weighted by molar-refractivity contribution is 5.47. The molecule has 0 spiro atoms. The average Bonchev–Trinajstić information content (AvgIpc) is 2.28. The summed E-state index contributed by atoms with van der Waals surface area (Å²) in [5, 5.41) is 19.1. The van der Waals surface area contributed by atoms with Gasteiger partial charge in [-0.15, -0.1) is 0 Å². The number of hydrogen-bond acceptors (Lipinski definition) is 2. The molecule has 0 amide bonds. The number of fused-ring (bicyclic) bond motifs is 1. The number of aliphatic hydroxyl groups is 1. The summed E-state index contributed by atoms with van der Waals surface area (Å²) in [5.74, 6) is 0.384. The minimum atomic E-state index is 0.0399. The Kier molecular flexibility index (Phi) is 2.96. The molecular weight excluding hydrogens is 188 g/mol. The van der Waals surface area contributed by atoms with Crippen molar-refractivity contribution in [3.05, 3.63) is 28.8 Å². The predicted octanol–water partition coefficient (Wildman–Crippen LogP) is 2.37. The lowest BCUT2D eigenvalue weighted by Crippen LogP contribution is -2.10. The Bertz CT molecular complexity index is 358. The van der Waals surface area contributed by atoms with E-state index in [1.165, 1.54) is 24.0 Å². The maximum absolute atomic E-state index is 9.86. The number of aromatic hydroxyl groups is 1. The third-order valence-corrected chi connectivity index (χ3v) is 3.32. The fourth-order valence-corrected chi connectivity index (χ4v) is 2.49. The molecule has 1 aliphatic rings. The second-order valence-corrected chi connectivity index (χ2v) is 4.43. The fraction of sp³-hybridized carbons (Fsp3) is 0.538. The Morgan fingerprint density at radius 1 is 1.27 bits per heavy atom. The van der Waals surface area contributed by atoms with E-state index in [0.717, 1.165) is 18.4 Å². The van der Waals surface area contributed by atoms with Gasteiger partial charge in [0.1, 0.15) is 5.75 Å². The number of rotatable bonds is 2. The SMILES string of the molecule is CC(CO)c1c(O)ccc2c1CCCC2. The molecule has 0 aromatic heterocycles. The first-order chi connectivity index (χ1) is 7.24. The lowest BCUT2D eigenvalue weighted by atomic mass is 9.84. The molecule has 0 radical (unpaired) electrons. The Hall–Kier alpha value is -1.02. The van der Waals surface area contributed by atoms with Crippen molar-refractivity contribution in [2.45, 2.75) is 38.5 Å². The van der Waals surface area contributed by atoms with E-state index in [1.807, 2.05) is 13.0 Å². The van der Waals surface area contributed by atoms with Crippen LogP contribution in [0.25, 0.3) is 0 Å². The van der Waals surface area contributed by atoms with Crippen LogP contribution in [-0.4, -0.2) is 16.8 Å². The van der Waals surface area contributed by atoms with E-state index < -0.39 is 0 Å². The Labute approximate surface area is 90.6 Å². The van der Waals surface area contributed by atoms with Gasteiger partial charge in [-0.2, -0.15) is 0 Å². The zero-order valence-corrected chi connectivity index (χ0v) is 9.16. The first-order valence-corrected chi connectivity index (χ1v) is 5.68. The second kappa shape index (κ2) is 4.23. The highest BCUT2D eigenvalue weighted by atomic mass is 16.3. The molecule has 0 saturated heterocycles. The number of benzene rings is 1. The summed E-state index contributed by atoms with van der Waals surface area (Å²) in [6, 6.07) is 3.79. The second-order valence-electron chi connectivity index (χ2n) is 4.43. The maximum Gasteiger partial charge on any atom is 0.119 e. The van der Waals surface area contributed by atoms with Crippen LogP contribution in [0.15, 0.2) is 12.1 Å². The van der Waals surface area contributed by atoms with Crippen molar-refractivity contribution in [2.24, 2.45) is 0 Å². The van der Waals surface area contributed by atoms with Gasteiger partial charge < -0.3 is 10.2 Å². The van der Waals surface area contributed by atoms with Gasteiger partial charge in [-0.25, -0.2) is 0 Å². The number of phenols is 1. The van der Waals surface area contributed by atoms with Gasteiger partial charge in [0.2, 0.25) is 0 Å². The quantitative estimate of drug-likeness (QED) is 0.780. The Morgan fingerprint density at radius 3 is 2.73 bits per heavy atom. The van der Waals surface area contributed by atoms with Crippen LogP contribution >= 0.6 is 0 Å². The summed E-state index contributed by atoms with van der Waals surface area (Å²) in [4.78, 5) is 0. The number of aliphatic hydroxyl groups excluding tert-OH is 1. The normalized spacial score (nSPS) is 17.2. The molecule has 1 atom stereocenters. The van der Waals surface area contributed by atoms with Crippen LogP contribution in [0.2, 0.25) is 0 Å². The molecule has 0 bridgehead atoms. The molecule has 2 heteroatoms. The van der Waals surface area contributed by atoms with Crippen molar-refractivity contribution in [1.82, 2.24) is 0 Å². The van der Waals surface area contributed by atoms with E-state index in [9.17, 15) is 10.2 Å². The summed E-state index contributed by atoms with van der Waals surface area (Å²) in [6.45, 7) is 2.06. The maximum atomic E-state index is 9.86. The van der Waals surface area contributed by atoms with Crippen LogP contribution in [0.5, 0.6) is 5.75 Å². The van der Waals surface area contributed by atoms with Gasteiger partial charge in [-0.05, 0) is 42.9 Å². The van der Waals surface area contributed by atoms with Gasteiger partial charge in [-0.1, -0.05) is 13.0 Å². The average molecular weight is 206 g/mol. The summed E-state index contributed by atoms with van der Waals surface area (Å²) in [7, 11) is 0. The van der Waals surface area contributed by atoms with Crippen LogP contribution in [0.1, 0.15) is 42.4 Å². The van der Waals surface area contributed by atoms with Crippen LogP contribution in [0.3, 0.4) is 0 Å².